The molecule has 5 nitrogen and oxygen atoms in total. The van der Waals surface area contributed by atoms with Crippen molar-refractivity contribution in [3.63, 3.8) is 0 Å². The van der Waals surface area contributed by atoms with Gasteiger partial charge in [0.05, 0.1) is 11.7 Å². The van der Waals surface area contributed by atoms with Gasteiger partial charge in [0, 0.05) is 0 Å². The van der Waals surface area contributed by atoms with Crippen LogP contribution in [0.3, 0.4) is 0 Å². The van der Waals surface area contributed by atoms with Gasteiger partial charge >= 0.3 is 5.97 Å². The molecule has 0 saturated heterocycles. The molecule has 1 atom stereocenters. The molecule has 0 aromatic heterocycles. The molecule has 5 aliphatic carbocycles. The summed E-state index contributed by atoms with van der Waals surface area (Å²) in [6, 6.07) is 0. The Kier molecular flexibility index (Phi) is 4.64. The fourth-order valence-corrected chi connectivity index (χ4v) is 7.47. The second kappa shape index (κ2) is 6.52. The van der Waals surface area contributed by atoms with Crippen LogP contribution in [0.1, 0.15) is 70.6 Å². The first-order chi connectivity index (χ1) is 11.8. The molecule has 6 heteroatoms. The minimum Gasteiger partial charge on any atom is -0.459 e. The SMILES string of the molecule is O=C(OC12CC3CC(CC(C3)C1)C2)C(CS(=O)(=O)O)C1CCCCC1. The molecule has 4 bridgehead atoms. The van der Waals surface area contributed by atoms with E-state index in [-0.39, 0.29) is 17.5 Å². The van der Waals surface area contributed by atoms with Crippen LogP contribution >= 0.6 is 0 Å². The van der Waals surface area contributed by atoms with Crippen molar-refractivity contribution in [3.8, 4) is 0 Å². The van der Waals surface area contributed by atoms with Gasteiger partial charge in [0.2, 0.25) is 0 Å². The molecular weight excluding hydrogens is 340 g/mol. The minimum atomic E-state index is -4.18. The molecule has 0 radical (unpaired) electrons. The van der Waals surface area contributed by atoms with Gasteiger partial charge in [0.1, 0.15) is 5.60 Å². The number of hydrogen-bond donors (Lipinski definition) is 1. The van der Waals surface area contributed by atoms with Gasteiger partial charge in [-0.3, -0.25) is 9.35 Å². The maximum Gasteiger partial charge on any atom is 0.310 e. The standard InChI is InChI=1S/C19H30O5S/c20-18(17(12-25(21,22)23)16-4-2-1-3-5-16)24-19-9-13-6-14(10-19)8-15(7-13)11-19/h13-17H,1-12H2,(H,21,22,23). The van der Waals surface area contributed by atoms with E-state index in [1.807, 2.05) is 0 Å². The van der Waals surface area contributed by atoms with Gasteiger partial charge < -0.3 is 4.74 Å². The number of hydrogen-bond acceptors (Lipinski definition) is 4. The molecule has 0 spiro atoms. The van der Waals surface area contributed by atoms with Crippen molar-refractivity contribution < 1.29 is 22.5 Å². The zero-order valence-corrected chi connectivity index (χ0v) is 15.7. The third kappa shape index (κ3) is 3.90. The lowest BCUT2D eigenvalue weighted by Gasteiger charge is -2.56. The van der Waals surface area contributed by atoms with Gasteiger partial charge in [-0.05, 0) is 75.0 Å². The van der Waals surface area contributed by atoms with Gasteiger partial charge in [0.15, 0.2) is 0 Å². The second-order valence-corrected chi connectivity index (χ2v) is 10.8. The molecule has 5 rings (SSSR count). The van der Waals surface area contributed by atoms with Crippen LogP contribution in [0.2, 0.25) is 0 Å². The zero-order valence-electron chi connectivity index (χ0n) is 14.9. The number of ether oxygens (including phenoxy) is 1. The molecule has 5 aliphatic rings. The summed E-state index contributed by atoms with van der Waals surface area (Å²) >= 11 is 0. The largest absolute Gasteiger partial charge is 0.459 e. The molecular formula is C19H30O5S. The van der Waals surface area contributed by atoms with Gasteiger partial charge in [-0.2, -0.15) is 8.42 Å². The van der Waals surface area contributed by atoms with Crippen LogP contribution in [0.4, 0.5) is 0 Å². The molecule has 0 heterocycles. The first-order valence-corrected chi connectivity index (χ1v) is 11.6. The molecule has 142 valence electrons. The Bertz CT molecular complexity index is 584. The molecule has 1 N–H and O–H groups in total. The van der Waals surface area contributed by atoms with Crippen molar-refractivity contribution in [2.75, 3.05) is 5.75 Å². The summed E-state index contributed by atoms with van der Waals surface area (Å²) in [7, 11) is -4.18. The third-order valence-electron chi connectivity index (χ3n) is 7.21. The summed E-state index contributed by atoms with van der Waals surface area (Å²) < 4.78 is 38.5. The highest BCUT2D eigenvalue weighted by atomic mass is 32.2. The fraction of sp³-hybridized carbons (Fsp3) is 0.947. The first kappa shape index (κ1) is 17.8. The normalized spacial score (nSPS) is 39.3. The van der Waals surface area contributed by atoms with Crippen molar-refractivity contribution in [1.29, 1.82) is 0 Å². The molecule has 5 fully saturated rings. The quantitative estimate of drug-likeness (QED) is 0.591. The second-order valence-electron chi connectivity index (χ2n) is 9.27. The fourth-order valence-electron chi connectivity index (χ4n) is 6.61. The van der Waals surface area contributed by atoms with Gasteiger partial charge in [0.25, 0.3) is 10.1 Å². The number of carbonyl (C=O) groups excluding carboxylic acids is 1. The van der Waals surface area contributed by atoms with E-state index < -0.39 is 21.8 Å². The van der Waals surface area contributed by atoms with Crippen LogP contribution in [-0.4, -0.2) is 30.3 Å². The van der Waals surface area contributed by atoms with Crippen LogP contribution in [0, 0.1) is 29.6 Å². The summed E-state index contributed by atoms with van der Waals surface area (Å²) in [5.74, 6) is 0.492. The predicted molar refractivity (Wildman–Crippen MR) is 93.5 cm³/mol. The highest BCUT2D eigenvalue weighted by Gasteiger charge is 2.54. The Labute approximate surface area is 150 Å². The van der Waals surface area contributed by atoms with Gasteiger partial charge in [-0.15, -0.1) is 0 Å². The zero-order chi connectivity index (χ0) is 17.7. The van der Waals surface area contributed by atoms with E-state index in [0.29, 0.717) is 17.8 Å². The molecule has 0 aliphatic heterocycles. The van der Waals surface area contributed by atoms with Crippen molar-refractivity contribution in [2.45, 2.75) is 76.2 Å². The minimum absolute atomic E-state index is 0.0251. The Morgan fingerprint density at radius 1 is 1.00 bits per heavy atom. The highest BCUT2D eigenvalue weighted by molar-refractivity contribution is 7.85. The van der Waals surface area contributed by atoms with Crippen LogP contribution < -0.4 is 0 Å². The van der Waals surface area contributed by atoms with Crippen LogP contribution in [0.5, 0.6) is 0 Å². The lowest BCUT2D eigenvalue weighted by atomic mass is 9.54. The Morgan fingerprint density at radius 3 is 2.00 bits per heavy atom. The smallest absolute Gasteiger partial charge is 0.310 e. The topological polar surface area (TPSA) is 80.7 Å². The van der Waals surface area contributed by atoms with E-state index in [4.69, 9.17) is 4.74 Å². The number of rotatable bonds is 5. The summed E-state index contributed by atoms with van der Waals surface area (Å²) in [4.78, 5) is 13.0. The van der Waals surface area contributed by atoms with Gasteiger partial charge in [-0.1, -0.05) is 19.3 Å². The lowest BCUT2D eigenvalue weighted by molar-refractivity contribution is -0.192. The Morgan fingerprint density at radius 2 is 1.52 bits per heavy atom. The number of esters is 1. The summed E-state index contributed by atoms with van der Waals surface area (Å²) in [5.41, 5.74) is -0.349. The average molecular weight is 371 g/mol. The van der Waals surface area contributed by atoms with E-state index in [1.54, 1.807) is 0 Å². The highest BCUT2D eigenvalue weighted by Crippen LogP contribution is 2.57. The summed E-state index contributed by atoms with van der Waals surface area (Å²) in [6.45, 7) is 0. The van der Waals surface area contributed by atoms with E-state index in [0.717, 1.165) is 51.4 Å². The molecule has 5 saturated carbocycles. The molecule has 1 unspecified atom stereocenters. The predicted octanol–water partition coefficient (Wildman–Crippen LogP) is 3.58. The third-order valence-corrected chi connectivity index (χ3v) is 7.99. The molecule has 0 aromatic rings. The summed E-state index contributed by atoms with van der Waals surface area (Å²) in [5, 5.41) is 0. The molecule has 25 heavy (non-hydrogen) atoms. The van der Waals surface area contributed by atoms with Crippen molar-refractivity contribution >= 4 is 16.1 Å². The van der Waals surface area contributed by atoms with Crippen molar-refractivity contribution in [3.05, 3.63) is 0 Å². The van der Waals surface area contributed by atoms with Crippen LogP contribution in [-0.2, 0) is 19.6 Å². The molecule has 0 amide bonds. The van der Waals surface area contributed by atoms with Crippen LogP contribution in [0.25, 0.3) is 0 Å². The van der Waals surface area contributed by atoms with E-state index >= 15 is 0 Å². The van der Waals surface area contributed by atoms with Crippen molar-refractivity contribution in [1.82, 2.24) is 0 Å². The lowest BCUT2D eigenvalue weighted by Crippen LogP contribution is -2.53. The Balaban J connectivity index is 1.50. The summed E-state index contributed by atoms with van der Waals surface area (Å²) in [6.07, 6.45) is 11.6. The van der Waals surface area contributed by atoms with Crippen LogP contribution in [0.15, 0.2) is 0 Å². The van der Waals surface area contributed by atoms with E-state index in [2.05, 4.69) is 0 Å². The monoisotopic (exact) mass is 370 g/mol. The Hall–Kier alpha value is -0.620. The number of carbonyl (C=O) groups is 1. The maximum absolute atomic E-state index is 13.0. The van der Waals surface area contributed by atoms with E-state index in [9.17, 15) is 17.8 Å². The average Bonchev–Trinajstić information content (AvgIpc) is 2.51. The van der Waals surface area contributed by atoms with Crippen molar-refractivity contribution in [2.24, 2.45) is 29.6 Å². The first-order valence-electron chi connectivity index (χ1n) is 10.00. The molecule has 0 aromatic carbocycles. The van der Waals surface area contributed by atoms with E-state index in [1.165, 1.54) is 19.3 Å². The van der Waals surface area contributed by atoms with Gasteiger partial charge in [-0.25, -0.2) is 0 Å². The maximum atomic E-state index is 13.0.